The molecule has 2 aliphatic rings. The first kappa shape index (κ1) is 8.89. The highest BCUT2D eigenvalue weighted by Gasteiger charge is 2.36. The Morgan fingerprint density at radius 3 is 3.36 bits per heavy atom. The molecule has 1 aromatic rings. The average Bonchev–Trinajstić information content (AvgIpc) is 2.85. The van der Waals surface area contributed by atoms with Gasteiger partial charge in [-0.25, -0.2) is 0 Å². The highest BCUT2D eigenvalue weighted by molar-refractivity contribution is 7.07. The number of thiophene rings is 1. The first-order valence-corrected chi connectivity index (χ1v) is 6.33. The Hall–Kier alpha value is -0.380. The highest BCUT2D eigenvalue weighted by Crippen LogP contribution is 2.28. The average molecular weight is 208 g/mol. The van der Waals surface area contributed by atoms with E-state index in [4.69, 9.17) is 0 Å². The Labute approximate surface area is 88.9 Å². The molecule has 0 saturated carbocycles. The zero-order chi connectivity index (χ0) is 9.38. The number of nitrogens with one attached hydrogen (secondary N) is 1. The third kappa shape index (κ3) is 1.49. The zero-order valence-corrected chi connectivity index (χ0v) is 9.09. The molecule has 0 radical (unpaired) electrons. The molecule has 3 heterocycles. The molecule has 3 heteroatoms. The van der Waals surface area contributed by atoms with Gasteiger partial charge >= 0.3 is 0 Å². The van der Waals surface area contributed by atoms with Crippen LogP contribution in [-0.2, 0) is 6.54 Å². The fourth-order valence-electron chi connectivity index (χ4n) is 2.75. The topological polar surface area (TPSA) is 15.3 Å². The van der Waals surface area contributed by atoms with E-state index in [1.165, 1.54) is 31.6 Å². The number of rotatable bonds is 2. The Kier molecular flexibility index (Phi) is 2.32. The van der Waals surface area contributed by atoms with Crippen LogP contribution in [0.3, 0.4) is 0 Å². The van der Waals surface area contributed by atoms with E-state index in [1.54, 1.807) is 11.3 Å². The molecule has 2 atom stereocenters. The molecule has 2 nitrogen and oxygen atoms in total. The predicted molar refractivity (Wildman–Crippen MR) is 59.5 cm³/mol. The number of hydrogen-bond acceptors (Lipinski definition) is 3. The fourth-order valence-corrected chi connectivity index (χ4v) is 3.41. The second-order valence-corrected chi connectivity index (χ2v) is 5.16. The Balaban J connectivity index is 1.68. The van der Waals surface area contributed by atoms with Crippen molar-refractivity contribution in [3.8, 4) is 0 Å². The van der Waals surface area contributed by atoms with Crippen molar-refractivity contribution in [3.05, 3.63) is 22.4 Å². The minimum Gasteiger partial charge on any atom is -0.315 e. The largest absolute Gasteiger partial charge is 0.315 e. The molecule has 3 rings (SSSR count). The SMILES string of the molecule is c1cc(CN2CC[C@H]3CNC[C@H]32)cs1. The van der Waals surface area contributed by atoms with Crippen molar-refractivity contribution in [2.45, 2.75) is 19.0 Å². The van der Waals surface area contributed by atoms with Crippen LogP contribution in [0.4, 0.5) is 0 Å². The van der Waals surface area contributed by atoms with E-state index in [-0.39, 0.29) is 0 Å². The van der Waals surface area contributed by atoms with Crippen LogP contribution in [0.5, 0.6) is 0 Å². The monoisotopic (exact) mass is 208 g/mol. The van der Waals surface area contributed by atoms with Gasteiger partial charge in [-0.15, -0.1) is 0 Å². The molecule has 14 heavy (non-hydrogen) atoms. The molecular formula is C11H16N2S. The van der Waals surface area contributed by atoms with Gasteiger partial charge in [0.05, 0.1) is 0 Å². The minimum absolute atomic E-state index is 0.815. The summed E-state index contributed by atoms with van der Waals surface area (Å²) in [6.45, 7) is 4.90. The van der Waals surface area contributed by atoms with Crippen LogP contribution in [0, 0.1) is 5.92 Å². The van der Waals surface area contributed by atoms with Crippen LogP contribution in [0.2, 0.25) is 0 Å². The predicted octanol–water partition coefficient (Wildman–Crippen LogP) is 1.54. The second kappa shape index (κ2) is 3.65. The minimum atomic E-state index is 0.815. The van der Waals surface area contributed by atoms with E-state index in [0.717, 1.165) is 18.5 Å². The van der Waals surface area contributed by atoms with E-state index in [2.05, 4.69) is 27.0 Å². The summed E-state index contributed by atoms with van der Waals surface area (Å²) in [7, 11) is 0. The lowest BCUT2D eigenvalue weighted by Crippen LogP contribution is -2.33. The second-order valence-electron chi connectivity index (χ2n) is 4.38. The molecule has 2 fully saturated rings. The van der Waals surface area contributed by atoms with Crippen molar-refractivity contribution in [1.29, 1.82) is 0 Å². The maximum Gasteiger partial charge on any atom is 0.0264 e. The van der Waals surface area contributed by atoms with Gasteiger partial charge in [0, 0.05) is 19.1 Å². The molecule has 1 N–H and O–H groups in total. The highest BCUT2D eigenvalue weighted by atomic mass is 32.1. The Morgan fingerprint density at radius 1 is 1.50 bits per heavy atom. The molecule has 0 unspecified atom stereocenters. The molecule has 0 spiro atoms. The molecule has 1 aromatic heterocycles. The maximum atomic E-state index is 3.49. The van der Waals surface area contributed by atoms with Gasteiger partial charge in [-0.05, 0) is 47.8 Å². The quantitative estimate of drug-likeness (QED) is 0.793. The Morgan fingerprint density at radius 2 is 2.50 bits per heavy atom. The van der Waals surface area contributed by atoms with Gasteiger partial charge in [-0.3, -0.25) is 4.90 Å². The van der Waals surface area contributed by atoms with Crippen LogP contribution in [-0.4, -0.2) is 30.6 Å². The van der Waals surface area contributed by atoms with Gasteiger partial charge < -0.3 is 5.32 Å². The number of fused-ring (bicyclic) bond motifs is 1. The van der Waals surface area contributed by atoms with Crippen molar-refractivity contribution in [2.24, 2.45) is 5.92 Å². The molecule has 0 aliphatic carbocycles. The molecule has 2 saturated heterocycles. The van der Waals surface area contributed by atoms with E-state index in [1.807, 2.05) is 0 Å². The van der Waals surface area contributed by atoms with Gasteiger partial charge in [0.15, 0.2) is 0 Å². The summed E-state index contributed by atoms with van der Waals surface area (Å²) < 4.78 is 0. The third-order valence-corrected chi connectivity index (χ3v) is 4.26. The standard InChI is InChI=1S/C11H16N2S/c1-3-13(7-9-2-4-14-8-9)11-6-12-5-10(1)11/h2,4,8,10-12H,1,3,5-7H2/t10-,11+/m0/s1. The van der Waals surface area contributed by atoms with Gasteiger partial charge in [0.25, 0.3) is 0 Å². The van der Waals surface area contributed by atoms with Crippen molar-refractivity contribution in [3.63, 3.8) is 0 Å². The molecular weight excluding hydrogens is 192 g/mol. The van der Waals surface area contributed by atoms with Gasteiger partial charge in [-0.2, -0.15) is 11.3 Å². The van der Waals surface area contributed by atoms with E-state index < -0.39 is 0 Å². The summed E-state index contributed by atoms with van der Waals surface area (Å²) in [5.74, 6) is 0.925. The van der Waals surface area contributed by atoms with Crippen LogP contribution in [0.15, 0.2) is 16.8 Å². The fraction of sp³-hybridized carbons (Fsp3) is 0.636. The summed E-state index contributed by atoms with van der Waals surface area (Å²) >= 11 is 1.81. The van der Waals surface area contributed by atoms with Gasteiger partial charge in [0.2, 0.25) is 0 Å². The number of nitrogens with zero attached hydrogens (tertiary/aromatic N) is 1. The molecule has 76 valence electrons. The molecule has 0 aromatic carbocycles. The maximum absolute atomic E-state index is 3.49. The van der Waals surface area contributed by atoms with Crippen molar-refractivity contribution in [1.82, 2.24) is 10.2 Å². The lowest BCUT2D eigenvalue weighted by molar-refractivity contribution is 0.244. The van der Waals surface area contributed by atoms with Crippen LogP contribution in [0.1, 0.15) is 12.0 Å². The van der Waals surface area contributed by atoms with E-state index in [9.17, 15) is 0 Å². The zero-order valence-electron chi connectivity index (χ0n) is 8.28. The van der Waals surface area contributed by atoms with Crippen LogP contribution >= 0.6 is 11.3 Å². The smallest absolute Gasteiger partial charge is 0.0264 e. The van der Waals surface area contributed by atoms with E-state index in [0.29, 0.717) is 0 Å². The summed E-state index contributed by atoms with van der Waals surface area (Å²) in [6.07, 6.45) is 1.39. The normalized spacial score (nSPS) is 32.3. The first-order chi connectivity index (χ1) is 6.93. The molecule has 0 amide bonds. The number of likely N-dealkylation sites (tertiary alicyclic amines) is 1. The lowest BCUT2D eigenvalue weighted by atomic mass is 10.1. The lowest BCUT2D eigenvalue weighted by Gasteiger charge is -2.22. The Bertz CT molecular complexity index is 296. The van der Waals surface area contributed by atoms with Gasteiger partial charge in [-0.1, -0.05) is 0 Å². The summed E-state index contributed by atoms with van der Waals surface area (Å²) in [5.41, 5.74) is 1.49. The first-order valence-electron chi connectivity index (χ1n) is 5.39. The molecule has 2 aliphatic heterocycles. The third-order valence-electron chi connectivity index (χ3n) is 3.53. The molecule has 0 bridgehead atoms. The summed E-state index contributed by atoms with van der Waals surface area (Å²) in [4.78, 5) is 2.65. The van der Waals surface area contributed by atoms with Crippen molar-refractivity contribution in [2.75, 3.05) is 19.6 Å². The van der Waals surface area contributed by atoms with Crippen molar-refractivity contribution < 1.29 is 0 Å². The summed E-state index contributed by atoms with van der Waals surface area (Å²) in [5, 5.41) is 7.94. The van der Waals surface area contributed by atoms with E-state index >= 15 is 0 Å². The summed E-state index contributed by atoms with van der Waals surface area (Å²) in [6, 6.07) is 3.07. The van der Waals surface area contributed by atoms with Crippen LogP contribution in [0.25, 0.3) is 0 Å². The van der Waals surface area contributed by atoms with Crippen LogP contribution < -0.4 is 5.32 Å². The van der Waals surface area contributed by atoms with Gasteiger partial charge in [0.1, 0.15) is 0 Å². The van der Waals surface area contributed by atoms with Crippen molar-refractivity contribution >= 4 is 11.3 Å². The number of hydrogen-bond donors (Lipinski definition) is 1.